The van der Waals surface area contributed by atoms with Crippen molar-refractivity contribution in [3.63, 3.8) is 0 Å². The molecule has 0 amide bonds. The molecule has 2 nitrogen and oxygen atoms in total. The van der Waals surface area contributed by atoms with Crippen LogP contribution in [0.5, 0.6) is 0 Å². The highest BCUT2D eigenvalue weighted by atomic mass is 32.2. The Hall–Kier alpha value is 0.0400. The van der Waals surface area contributed by atoms with Crippen molar-refractivity contribution in [2.24, 2.45) is 17.8 Å². The third-order valence-corrected chi connectivity index (χ3v) is 6.11. The SMILES string of the molecule is CC(=O)SCCC1CC2CC1CC2SC(C)=O. The lowest BCUT2D eigenvalue weighted by Crippen LogP contribution is -2.21. The van der Waals surface area contributed by atoms with Gasteiger partial charge in [-0.05, 0) is 43.4 Å². The highest BCUT2D eigenvalue weighted by Gasteiger charge is 2.45. The fourth-order valence-electron chi connectivity index (χ4n) is 3.41. The van der Waals surface area contributed by atoms with Crippen LogP contribution in [-0.2, 0) is 9.59 Å². The second kappa shape index (κ2) is 5.79. The average Bonchev–Trinajstić information content (AvgIpc) is 2.75. The molecule has 0 heterocycles. The molecule has 0 saturated heterocycles. The van der Waals surface area contributed by atoms with Crippen LogP contribution in [0.3, 0.4) is 0 Å². The molecule has 0 radical (unpaired) electrons. The highest BCUT2D eigenvalue weighted by Crippen LogP contribution is 2.53. The van der Waals surface area contributed by atoms with Crippen LogP contribution in [0, 0.1) is 17.8 Å². The summed E-state index contributed by atoms with van der Waals surface area (Å²) in [5, 5.41) is 1.10. The van der Waals surface area contributed by atoms with Crippen molar-refractivity contribution in [3.8, 4) is 0 Å². The molecule has 4 atom stereocenters. The Bertz CT molecular complexity index is 317. The molecular formula is C13H20O2S2. The summed E-state index contributed by atoms with van der Waals surface area (Å²) in [6, 6.07) is 0. The Morgan fingerprint density at radius 1 is 1.06 bits per heavy atom. The van der Waals surface area contributed by atoms with Gasteiger partial charge in [0.1, 0.15) is 0 Å². The Balaban J connectivity index is 1.74. The van der Waals surface area contributed by atoms with E-state index in [0.29, 0.717) is 5.25 Å². The molecule has 0 spiro atoms. The maximum Gasteiger partial charge on any atom is 0.186 e. The van der Waals surface area contributed by atoms with Crippen molar-refractivity contribution >= 4 is 33.8 Å². The third-order valence-electron chi connectivity index (χ3n) is 4.05. The molecule has 2 saturated carbocycles. The number of rotatable bonds is 4. The summed E-state index contributed by atoms with van der Waals surface area (Å²) >= 11 is 3.02. The number of carbonyl (C=O) groups excluding carboxylic acids is 2. The molecule has 0 aromatic rings. The van der Waals surface area contributed by atoms with Gasteiger partial charge in [0.25, 0.3) is 0 Å². The van der Waals surface area contributed by atoms with Crippen LogP contribution in [0.1, 0.15) is 39.5 Å². The van der Waals surface area contributed by atoms with Gasteiger partial charge >= 0.3 is 0 Å². The molecule has 2 bridgehead atoms. The second-order valence-electron chi connectivity index (χ2n) is 5.26. The topological polar surface area (TPSA) is 34.1 Å². The van der Waals surface area contributed by atoms with Crippen molar-refractivity contribution in [1.29, 1.82) is 0 Å². The van der Waals surface area contributed by atoms with Gasteiger partial charge in [0.2, 0.25) is 0 Å². The van der Waals surface area contributed by atoms with E-state index in [0.717, 1.165) is 23.5 Å². The van der Waals surface area contributed by atoms with Gasteiger partial charge in [-0.1, -0.05) is 23.5 Å². The second-order valence-corrected chi connectivity index (χ2v) is 7.95. The molecule has 0 N–H and O–H groups in total. The van der Waals surface area contributed by atoms with E-state index in [-0.39, 0.29) is 10.2 Å². The minimum Gasteiger partial charge on any atom is -0.288 e. The lowest BCUT2D eigenvalue weighted by Gasteiger charge is -2.26. The molecule has 2 rings (SSSR count). The summed E-state index contributed by atoms with van der Waals surface area (Å²) in [4.78, 5) is 22.0. The Morgan fingerprint density at radius 3 is 2.35 bits per heavy atom. The molecule has 4 unspecified atom stereocenters. The van der Waals surface area contributed by atoms with Crippen molar-refractivity contribution in [1.82, 2.24) is 0 Å². The zero-order valence-electron chi connectivity index (χ0n) is 10.5. The molecule has 2 aliphatic rings. The predicted molar refractivity (Wildman–Crippen MR) is 74.1 cm³/mol. The molecule has 17 heavy (non-hydrogen) atoms. The Kier molecular flexibility index (Phi) is 4.59. The van der Waals surface area contributed by atoms with E-state index in [2.05, 4.69) is 0 Å². The Labute approximate surface area is 112 Å². The van der Waals surface area contributed by atoms with E-state index in [1.807, 2.05) is 0 Å². The molecule has 2 fully saturated rings. The minimum absolute atomic E-state index is 0.234. The van der Waals surface area contributed by atoms with E-state index < -0.39 is 0 Å². The van der Waals surface area contributed by atoms with Crippen LogP contribution in [0.4, 0.5) is 0 Å². The van der Waals surface area contributed by atoms with Crippen LogP contribution in [0.2, 0.25) is 0 Å². The Morgan fingerprint density at radius 2 is 1.82 bits per heavy atom. The minimum atomic E-state index is 0.234. The smallest absolute Gasteiger partial charge is 0.186 e. The fraction of sp³-hybridized carbons (Fsp3) is 0.846. The lowest BCUT2D eigenvalue weighted by atomic mass is 9.87. The first-order valence-corrected chi connectivity index (χ1v) is 8.23. The first kappa shape index (κ1) is 13.5. The predicted octanol–water partition coefficient (Wildman–Crippen LogP) is 3.35. The standard InChI is InChI=1S/C13H20O2S2/c1-8(14)16-4-3-10-5-12-6-11(10)7-13(12)17-9(2)15/h10-13H,3-7H2,1-2H3. The van der Waals surface area contributed by atoms with E-state index in [4.69, 9.17) is 0 Å². The number of fused-ring (bicyclic) bond motifs is 2. The third kappa shape index (κ3) is 3.50. The van der Waals surface area contributed by atoms with Crippen LogP contribution in [-0.4, -0.2) is 21.2 Å². The summed E-state index contributed by atoms with van der Waals surface area (Å²) in [5.41, 5.74) is 0. The molecule has 96 valence electrons. The van der Waals surface area contributed by atoms with Crippen molar-refractivity contribution in [2.75, 3.05) is 5.75 Å². The van der Waals surface area contributed by atoms with Gasteiger partial charge in [-0.25, -0.2) is 0 Å². The normalized spacial score (nSPS) is 35.2. The lowest BCUT2D eigenvalue weighted by molar-refractivity contribution is -0.110. The zero-order chi connectivity index (χ0) is 12.4. The van der Waals surface area contributed by atoms with Crippen molar-refractivity contribution in [2.45, 2.75) is 44.8 Å². The quantitative estimate of drug-likeness (QED) is 0.786. The first-order valence-electron chi connectivity index (χ1n) is 6.37. The van der Waals surface area contributed by atoms with E-state index in [9.17, 15) is 9.59 Å². The number of hydrogen-bond acceptors (Lipinski definition) is 4. The maximum absolute atomic E-state index is 11.1. The van der Waals surface area contributed by atoms with Crippen molar-refractivity contribution in [3.05, 3.63) is 0 Å². The van der Waals surface area contributed by atoms with E-state index in [1.165, 1.54) is 37.4 Å². The number of carbonyl (C=O) groups is 2. The van der Waals surface area contributed by atoms with Crippen LogP contribution >= 0.6 is 23.5 Å². The van der Waals surface area contributed by atoms with E-state index >= 15 is 0 Å². The molecule has 0 aromatic heterocycles. The molecule has 0 aromatic carbocycles. The van der Waals surface area contributed by atoms with Crippen LogP contribution in [0.15, 0.2) is 0 Å². The summed E-state index contributed by atoms with van der Waals surface area (Å²) < 4.78 is 0. The highest BCUT2D eigenvalue weighted by molar-refractivity contribution is 8.14. The van der Waals surface area contributed by atoms with Gasteiger partial charge in [-0.15, -0.1) is 0 Å². The van der Waals surface area contributed by atoms with Crippen LogP contribution < -0.4 is 0 Å². The van der Waals surface area contributed by atoms with Crippen molar-refractivity contribution < 1.29 is 9.59 Å². The van der Waals surface area contributed by atoms with Gasteiger partial charge in [0, 0.05) is 24.9 Å². The zero-order valence-corrected chi connectivity index (χ0v) is 12.1. The number of thioether (sulfide) groups is 2. The summed E-state index contributed by atoms with van der Waals surface area (Å²) in [6.45, 7) is 3.32. The molecule has 2 aliphatic carbocycles. The monoisotopic (exact) mass is 272 g/mol. The average molecular weight is 272 g/mol. The largest absolute Gasteiger partial charge is 0.288 e. The van der Waals surface area contributed by atoms with Crippen LogP contribution in [0.25, 0.3) is 0 Å². The maximum atomic E-state index is 11.1. The van der Waals surface area contributed by atoms with Gasteiger partial charge in [-0.3, -0.25) is 9.59 Å². The molecule has 0 aliphatic heterocycles. The van der Waals surface area contributed by atoms with E-state index in [1.54, 1.807) is 25.6 Å². The van der Waals surface area contributed by atoms with Gasteiger partial charge in [0.05, 0.1) is 0 Å². The van der Waals surface area contributed by atoms with Gasteiger partial charge in [-0.2, -0.15) is 0 Å². The van der Waals surface area contributed by atoms with Gasteiger partial charge < -0.3 is 0 Å². The molecule has 4 heteroatoms. The summed E-state index contributed by atoms with van der Waals surface area (Å²) in [5.74, 6) is 3.38. The van der Waals surface area contributed by atoms with Gasteiger partial charge in [0.15, 0.2) is 10.2 Å². The first-order chi connectivity index (χ1) is 8.06. The summed E-state index contributed by atoms with van der Waals surface area (Å²) in [7, 11) is 0. The molecular weight excluding hydrogens is 252 g/mol. The number of hydrogen-bond donors (Lipinski definition) is 0. The fourth-order valence-corrected chi connectivity index (χ4v) is 5.30. The summed E-state index contributed by atoms with van der Waals surface area (Å²) in [6.07, 6.45) is 5.02.